The van der Waals surface area contributed by atoms with E-state index in [0.717, 1.165) is 42.2 Å². The Hall–Kier alpha value is -1.16. The molecule has 1 aromatic carbocycles. The van der Waals surface area contributed by atoms with Crippen LogP contribution in [0.3, 0.4) is 0 Å². The van der Waals surface area contributed by atoms with Gasteiger partial charge in [0, 0.05) is 35.9 Å². The summed E-state index contributed by atoms with van der Waals surface area (Å²) in [6, 6.07) is 8.68. The third-order valence-corrected chi connectivity index (χ3v) is 5.36. The number of aliphatic imine (C=N–C) groups is 1. The molecular formula is C18H26BrIN6. The molecule has 2 heterocycles. The van der Waals surface area contributed by atoms with E-state index >= 15 is 0 Å². The van der Waals surface area contributed by atoms with Gasteiger partial charge in [-0.05, 0) is 18.1 Å². The third kappa shape index (κ3) is 4.97. The summed E-state index contributed by atoms with van der Waals surface area (Å²) >= 11 is 3.66. The first-order valence-electron chi connectivity index (χ1n) is 8.58. The van der Waals surface area contributed by atoms with Gasteiger partial charge in [0.15, 0.2) is 5.96 Å². The molecule has 0 aliphatic carbocycles. The lowest BCUT2D eigenvalue weighted by atomic mass is 9.84. The van der Waals surface area contributed by atoms with Gasteiger partial charge in [0.05, 0.1) is 6.54 Å². The summed E-state index contributed by atoms with van der Waals surface area (Å²) in [6.07, 6.45) is 3.61. The predicted octanol–water partition coefficient (Wildman–Crippen LogP) is 3.12. The topological polar surface area (TPSA) is 67.1 Å². The minimum atomic E-state index is -0.0245. The van der Waals surface area contributed by atoms with Crippen LogP contribution >= 0.6 is 39.9 Å². The molecule has 8 heteroatoms. The van der Waals surface area contributed by atoms with Gasteiger partial charge in [-0.1, -0.05) is 48.0 Å². The van der Waals surface area contributed by atoms with Crippen LogP contribution in [0.2, 0.25) is 0 Å². The molecule has 26 heavy (non-hydrogen) atoms. The SMILES string of the molecule is CN=C(NCC(C)(C)c1ccccc1Br)NC1CCc2ncnn2C1.I. The van der Waals surface area contributed by atoms with E-state index in [0.29, 0.717) is 6.04 Å². The molecule has 0 spiro atoms. The Morgan fingerprint density at radius 3 is 2.88 bits per heavy atom. The van der Waals surface area contributed by atoms with Crippen molar-refractivity contribution < 1.29 is 0 Å². The van der Waals surface area contributed by atoms with Crippen molar-refractivity contribution in [2.45, 2.75) is 44.7 Å². The van der Waals surface area contributed by atoms with E-state index in [1.807, 2.05) is 17.8 Å². The summed E-state index contributed by atoms with van der Waals surface area (Å²) in [5, 5.41) is 11.3. The van der Waals surface area contributed by atoms with Crippen LogP contribution in [-0.2, 0) is 18.4 Å². The monoisotopic (exact) mass is 532 g/mol. The Morgan fingerprint density at radius 2 is 2.15 bits per heavy atom. The number of hydrogen-bond donors (Lipinski definition) is 2. The third-order valence-electron chi connectivity index (χ3n) is 4.67. The molecule has 6 nitrogen and oxygen atoms in total. The molecule has 0 bridgehead atoms. The maximum atomic E-state index is 4.38. The fourth-order valence-electron chi connectivity index (χ4n) is 3.15. The molecule has 0 radical (unpaired) electrons. The summed E-state index contributed by atoms with van der Waals surface area (Å²) < 4.78 is 3.11. The molecule has 1 unspecified atom stereocenters. The molecule has 0 fully saturated rings. The average molecular weight is 533 g/mol. The number of aryl methyl sites for hydroxylation is 1. The van der Waals surface area contributed by atoms with Crippen LogP contribution in [0, 0.1) is 0 Å². The molecule has 1 aliphatic heterocycles. The quantitative estimate of drug-likeness (QED) is 0.361. The van der Waals surface area contributed by atoms with Crippen LogP contribution in [0.1, 0.15) is 31.7 Å². The number of aromatic nitrogens is 3. The normalized spacial score (nSPS) is 17.2. The molecule has 1 aliphatic rings. The molecule has 0 saturated heterocycles. The Labute approximate surface area is 180 Å². The minimum absolute atomic E-state index is 0. The molecule has 2 aromatic rings. The molecule has 1 atom stereocenters. The van der Waals surface area contributed by atoms with Crippen molar-refractivity contribution in [2.24, 2.45) is 4.99 Å². The van der Waals surface area contributed by atoms with Crippen LogP contribution in [-0.4, -0.2) is 40.4 Å². The largest absolute Gasteiger partial charge is 0.356 e. The van der Waals surface area contributed by atoms with Gasteiger partial charge in [0.1, 0.15) is 12.2 Å². The van der Waals surface area contributed by atoms with Crippen molar-refractivity contribution in [1.82, 2.24) is 25.4 Å². The van der Waals surface area contributed by atoms with Gasteiger partial charge in [-0.25, -0.2) is 9.67 Å². The van der Waals surface area contributed by atoms with Crippen molar-refractivity contribution >= 4 is 45.9 Å². The number of guanidine groups is 1. The number of rotatable bonds is 4. The number of nitrogens with one attached hydrogen (secondary N) is 2. The molecule has 142 valence electrons. The molecule has 1 aromatic heterocycles. The first-order valence-corrected chi connectivity index (χ1v) is 9.38. The molecule has 2 N–H and O–H groups in total. The lowest BCUT2D eigenvalue weighted by molar-refractivity contribution is 0.391. The van der Waals surface area contributed by atoms with Crippen molar-refractivity contribution in [1.29, 1.82) is 0 Å². The highest BCUT2D eigenvalue weighted by Crippen LogP contribution is 2.29. The molecule has 0 amide bonds. The Balaban J connectivity index is 0.00000243. The van der Waals surface area contributed by atoms with Crippen LogP contribution in [0.15, 0.2) is 40.1 Å². The molecular weight excluding hydrogens is 507 g/mol. The second-order valence-electron chi connectivity index (χ2n) is 7.03. The number of fused-ring (bicyclic) bond motifs is 1. The van der Waals surface area contributed by atoms with E-state index in [9.17, 15) is 0 Å². The van der Waals surface area contributed by atoms with Gasteiger partial charge in [-0.3, -0.25) is 4.99 Å². The Kier molecular flexibility index (Phi) is 7.45. The van der Waals surface area contributed by atoms with Crippen molar-refractivity contribution in [3.63, 3.8) is 0 Å². The standard InChI is InChI=1S/C18H25BrN6.HI/c1-18(2,14-6-4-5-7-15(14)19)11-21-17(20-3)24-13-8-9-16-22-12-23-25(16)10-13;/h4-7,12-13H,8-11H2,1-3H3,(H2,20,21,24);1H. The van der Waals surface area contributed by atoms with E-state index in [1.165, 1.54) is 5.56 Å². The second kappa shape index (κ2) is 9.16. The lowest BCUT2D eigenvalue weighted by Gasteiger charge is -2.30. The predicted molar refractivity (Wildman–Crippen MR) is 119 cm³/mol. The van der Waals surface area contributed by atoms with E-state index in [1.54, 1.807) is 6.33 Å². The number of halogens is 2. The van der Waals surface area contributed by atoms with Crippen LogP contribution in [0.4, 0.5) is 0 Å². The highest BCUT2D eigenvalue weighted by atomic mass is 127. The van der Waals surface area contributed by atoms with Crippen LogP contribution in [0.5, 0.6) is 0 Å². The zero-order chi connectivity index (χ0) is 17.9. The van der Waals surface area contributed by atoms with Gasteiger partial charge in [0.2, 0.25) is 0 Å². The fraction of sp³-hybridized carbons (Fsp3) is 0.500. The smallest absolute Gasteiger partial charge is 0.191 e. The highest BCUT2D eigenvalue weighted by molar-refractivity contribution is 14.0. The first-order chi connectivity index (χ1) is 12.0. The number of nitrogens with zero attached hydrogens (tertiary/aromatic N) is 4. The van der Waals surface area contributed by atoms with Gasteiger partial charge in [0.25, 0.3) is 0 Å². The summed E-state index contributed by atoms with van der Waals surface area (Å²) in [4.78, 5) is 8.66. The zero-order valence-electron chi connectivity index (χ0n) is 15.4. The fourth-order valence-corrected chi connectivity index (χ4v) is 3.97. The first kappa shape index (κ1) is 21.1. The maximum absolute atomic E-state index is 4.38. The van der Waals surface area contributed by atoms with Gasteiger partial charge >= 0.3 is 0 Å². The van der Waals surface area contributed by atoms with E-state index in [4.69, 9.17) is 0 Å². The van der Waals surface area contributed by atoms with Crippen molar-refractivity contribution in [3.05, 3.63) is 46.5 Å². The molecule has 0 saturated carbocycles. The van der Waals surface area contributed by atoms with Crippen LogP contribution in [0.25, 0.3) is 0 Å². The van der Waals surface area contributed by atoms with Gasteiger partial charge < -0.3 is 10.6 Å². The van der Waals surface area contributed by atoms with E-state index < -0.39 is 0 Å². The Morgan fingerprint density at radius 1 is 1.38 bits per heavy atom. The maximum Gasteiger partial charge on any atom is 0.191 e. The van der Waals surface area contributed by atoms with Crippen molar-refractivity contribution in [3.8, 4) is 0 Å². The zero-order valence-corrected chi connectivity index (χ0v) is 19.3. The summed E-state index contributed by atoms with van der Waals surface area (Å²) in [5.74, 6) is 1.89. The van der Waals surface area contributed by atoms with Crippen molar-refractivity contribution in [2.75, 3.05) is 13.6 Å². The molecule has 3 rings (SSSR count). The minimum Gasteiger partial charge on any atom is -0.356 e. The Bertz CT molecular complexity index is 758. The number of hydrogen-bond acceptors (Lipinski definition) is 3. The van der Waals surface area contributed by atoms with Gasteiger partial charge in [-0.2, -0.15) is 5.10 Å². The van der Waals surface area contributed by atoms with Gasteiger partial charge in [-0.15, -0.1) is 24.0 Å². The summed E-state index contributed by atoms with van der Waals surface area (Å²) in [5.41, 5.74) is 1.26. The second-order valence-corrected chi connectivity index (χ2v) is 7.88. The summed E-state index contributed by atoms with van der Waals surface area (Å²) in [7, 11) is 1.81. The summed E-state index contributed by atoms with van der Waals surface area (Å²) in [6.45, 7) is 6.07. The van der Waals surface area contributed by atoms with Crippen LogP contribution < -0.4 is 10.6 Å². The highest BCUT2D eigenvalue weighted by Gasteiger charge is 2.24. The average Bonchev–Trinajstić information content (AvgIpc) is 3.06. The number of benzene rings is 1. The lowest BCUT2D eigenvalue weighted by Crippen LogP contribution is -2.49. The van der Waals surface area contributed by atoms with E-state index in [2.05, 4.69) is 73.7 Å². The van der Waals surface area contributed by atoms with E-state index in [-0.39, 0.29) is 29.4 Å².